The van der Waals surface area contributed by atoms with E-state index in [1.165, 1.54) is 0 Å². The van der Waals surface area contributed by atoms with Crippen LogP contribution in [0.3, 0.4) is 0 Å². The normalized spacial score (nSPS) is 11.7. The molecule has 1 N–H and O–H groups in total. The second kappa shape index (κ2) is 8.82. The Kier molecular flexibility index (Phi) is 7.42. The molecule has 0 heterocycles. The topological polar surface area (TPSA) is 61.8 Å². The van der Waals surface area contributed by atoms with Crippen molar-refractivity contribution in [3.05, 3.63) is 34.3 Å². The van der Waals surface area contributed by atoms with Crippen LogP contribution in [0.1, 0.15) is 51.4 Å². The second-order valence-electron chi connectivity index (χ2n) is 5.93. The number of hydrogen-bond donors (Lipinski definition) is 1. The quantitative estimate of drug-likeness (QED) is 0.604. The maximum Gasteiger partial charge on any atom is 0.272 e. The van der Waals surface area contributed by atoms with Gasteiger partial charge in [0, 0.05) is 22.3 Å². The fourth-order valence-electron chi connectivity index (χ4n) is 2.37. The van der Waals surface area contributed by atoms with E-state index < -0.39 is 0 Å². The van der Waals surface area contributed by atoms with Crippen LogP contribution in [0.5, 0.6) is 0 Å². The molecular weight excluding hydrogens is 358 g/mol. The first-order chi connectivity index (χ1) is 10.7. The van der Waals surface area contributed by atoms with Gasteiger partial charge in [0.2, 0.25) is 5.91 Å². The molecule has 1 aromatic rings. The largest absolute Gasteiger partial charge is 0.338 e. The smallest absolute Gasteiger partial charge is 0.272 e. The first-order valence-corrected chi connectivity index (χ1v) is 8.42. The lowest BCUT2D eigenvalue weighted by atomic mass is 10.2. The number of hydrazone groups is 1. The van der Waals surface area contributed by atoms with Crippen LogP contribution in [0.15, 0.2) is 33.8 Å². The van der Waals surface area contributed by atoms with E-state index >= 15 is 0 Å². The molecule has 0 unspecified atom stereocenters. The van der Waals surface area contributed by atoms with Crippen LogP contribution in [-0.2, 0) is 4.79 Å². The number of hydrogen-bond acceptors (Lipinski definition) is 3. The van der Waals surface area contributed by atoms with Crippen LogP contribution in [0, 0.1) is 0 Å². The third kappa shape index (κ3) is 5.78. The average molecular weight is 382 g/mol. The van der Waals surface area contributed by atoms with Gasteiger partial charge in [-0.2, -0.15) is 5.10 Å². The molecule has 0 aromatic heterocycles. The summed E-state index contributed by atoms with van der Waals surface area (Å²) in [5.41, 5.74) is 3.56. The van der Waals surface area contributed by atoms with Crippen LogP contribution < -0.4 is 5.43 Å². The van der Waals surface area contributed by atoms with Gasteiger partial charge in [-0.05, 0) is 62.7 Å². The molecule has 0 aliphatic rings. The van der Waals surface area contributed by atoms with E-state index in [-0.39, 0.29) is 30.3 Å². The molecule has 0 radical (unpaired) electrons. The van der Waals surface area contributed by atoms with Crippen molar-refractivity contribution in [2.24, 2.45) is 5.10 Å². The van der Waals surface area contributed by atoms with Crippen LogP contribution in [0.4, 0.5) is 0 Å². The summed E-state index contributed by atoms with van der Waals surface area (Å²) in [5.74, 6) is -0.305. The predicted molar refractivity (Wildman–Crippen MR) is 96.5 cm³/mol. The maximum absolute atomic E-state index is 12.3. The minimum Gasteiger partial charge on any atom is -0.338 e. The van der Waals surface area contributed by atoms with Gasteiger partial charge < -0.3 is 4.90 Å². The summed E-state index contributed by atoms with van der Waals surface area (Å²) in [6, 6.07) is 7.37. The van der Waals surface area contributed by atoms with E-state index in [1.807, 2.05) is 38.7 Å². The van der Waals surface area contributed by atoms with Gasteiger partial charge in [0.05, 0.1) is 12.0 Å². The van der Waals surface area contributed by atoms with Gasteiger partial charge in [0.1, 0.15) is 0 Å². The third-order valence-electron chi connectivity index (χ3n) is 3.27. The number of nitrogens with one attached hydrogen (secondary N) is 1. The number of carbonyl (C=O) groups is 2. The molecule has 0 spiro atoms. The van der Waals surface area contributed by atoms with Crippen molar-refractivity contribution in [2.75, 3.05) is 0 Å². The number of halogens is 1. The predicted octanol–water partition coefficient (Wildman–Crippen LogP) is 3.59. The van der Waals surface area contributed by atoms with E-state index in [0.717, 1.165) is 0 Å². The Hall–Kier alpha value is -1.69. The van der Waals surface area contributed by atoms with E-state index in [0.29, 0.717) is 15.7 Å². The van der Waals surface area contributed by atoms with Crippen molar-refractivity contribution in [1.82, 2.24) is 10.3 Å². The zero-order valence-corrected chi connectivity index (χ0v) is 15.8. The van der Waals surface area contributed by atoms with Crippen molar-refractivity contribution >= 4 is 33.5 Å². The summed E-state index contributed by atoms with van der Waals surface area (Å²) in [6.45, 7) is 9.67. The molecule has 126 valence electrons. The third-order valence-corrected chi connectivity index (χ3v) is 3.97. The van der Waals surface area contributed by atoms with E-state index in [4.69, 9.17) is 0 Å². The zero-order valence-electron chi connectivity index (χ0n) is 14.3. The van der Waals surface area contributed by atoms with Crippen LogP contribution in [-0.4, -0.2) is 34.5 Å². The fourth-order valence-corrected chi connectivity index (χ4v) is 2.84. The summed E-state index contributed by atoms with van der Waals surface area (Å²) < 4.78 is 0.701. The summed E-state index contributed by atoms with van der Waals surface area (Å²) in [5, 5.41) is 4.03. The van der Waals surface area contributed by atoms with Crippen LogP contribution >= 0.6 is 15.9 Å². The van der Waals surface area contributed by atoms with Crippen molar-refractivity contribution in [3.63, 3.8) is 0 Å². The van der Waals surface area contributed by atoms with Gasteiger partial charge in [0.15, 0.2) is 0 Å². The molecule has 0 aliphatic heterocycles. The molecule has 23 heavy (non-hydrogen) atoms. The molecule has 0 aliphatic carbocycles. The Morgan fingerprint density at radius 3 is 2.26 bits per heavy atom. The molecule has 2 amide bonds. The standard InChI is InChI=1S/C17H24BrN3O2/c1-11(2)21(12(3)4)16(22)10-13(5)19-20-17(23)14-8-6-7-9-15(14)18/h6-9,11-12H,10H2,1-5H3,(H,20,23). The molecule has 0 bridgehead atoms. The molecule has 1 rings (SSSR count). The summed E-state index contributed by atoms with van der Waals surface area (Å²) in [7, 11) is 0. The SMILES string of the molecule is CC(CC(=O)N(C(C)C)C(C)C)=NNC(=O)c1ccccc1Br. The monoisotopic (exact) mass is 381 g/mol. The summed E-state index contributed by atoms with van der Waals surface area (Å²) in [4.78, 5) is 26.2. The zero-order chi connectivity index (χ0) is 17.6. The highest BCUT2D eigenvalue weighted by atomic mass is 79.9. The lowest BCUT2D eigenvalue weighted by Crippen LogP contribution is -2.42. The van der Waals surface area contributed by atoms with Crippen molar-refractivity contribution in [3.8, 4) is 0 Å². The number of amides is 2. The molecule has 0 saturated heterocycles. The fraction of sp³-hybridized carbons (Fsp3) is 0.471. The van der Waals surface area contributed by atoms with Gasteiger partial charge in [-0.15, -0.1) is 0 Å². The number of rotatable bonds is 6. The average Bonchev–Trinajstić information content (AvgIpc) is 2.44. The molecule has 0 atom stereocenters. The van der Waals surface area contributed by atoms with Gasteiger partial charge in [0.25, 0.3) is 5.91 Å². The Bertz CT molecular complexity index is 589. The van der Waals surface area contributed by atoms with Crippen molar-refractivity contribution < 1.29 is 9.59 Å². The Balaban J connectivity index is 2.69. The minimum atomic E-state index is -0.311. The molecule has 6 heteroatoms. The van der Waals surface area contributed by atoms with Gasteiger partial charge in [-0.25, -0.2) is 5.43 Å². The highest BCUT2D eigenvalue weighted by Gasteiger charge is 2.20. The lowest BCUT2D eigenvalue weighted by molar-refractivity contribution is -0.133. The van der Waals surface area contributed by atoms with Gasteiger partial charge >= 0.3 is 0 Å². The Labute approximate surface area is 146 Å². The lowest BCUT2D eigenvalue weighted by Gasteiger charge is -2.30. The van der Waals surface area contributed by atoms with E-state index in [9.17, 15) is 9.59 Å². The summed E-state index contributed by atoms with van der Waals surface area (Å²) in [6.07, 6.45) is 0.187. The van der Waals surface area contributed by atoms with Gasteiger partial charge in [-0.1, -0.05) is 12.1 Å². The minimum absolute atomic E-state index is 0.00592. The van der Waals surface area contributed by atoms with Crippen LogP contribution in [0.25, 0.3) is 0 Å². The molecule has 0 saturated carbocycles. The molecule has 5 nitrogen and oxygen atoms in total. The maximum atomic E-state index is 12.3. The first kappa shape index (κ1) is 19.4. The van der Waals surface area contributed by atoms with Crippen LogP contribution in [0.2, 0.25) is 0 Å². The number of benzene rings is 1. The van der Waals surface area contributed by atoms with Gasteiger partial charge in [-0.3, -0.25) is 9.59 Å². The molecular formula is C17H24BrN3O2. The van der Waals surface area contributed by atoms with Crippen molar-refractivity contribution in [2.45, 2.75) is 53.1 Å². The molecule has 0 fully saturated rings. The summed E-state index contributed by atoms with van der Waals surface area (Å²) >= 11 is 3.33. The van der Waals surface area contributed by atoms with E-state index in [1.54, 1.807) is 25.1 Å². The highest BCUT2D eigenvalue weighted by molar-refractivity contribution is 9.10. The second-order valence-corrected chi connectivity index (χ2v) is 6.79. The van der Waals surface area contributed by atoms with Crippen molar-refractivity contribution in [1.29, 1.82) is 0 Å². The molecule has 1 aromatic carbocycles. The number of nitrogens with zero attached hydrogens (tertiary/aromatic N) is 2. The van der Waals surface area contributed by atoms with E-state index in [2.05, 4.69) is 26.5 Å². The first-order valence-electron chi connectivity index (χ1n) is 7.63. The number of carbonyl (C=O) groups excluding carboxylic acids is 2. The Morgan fingerprint density at radius 1 is 1.17 bits per heavy atom. The Morgan fingerprint density at radius 2 is 1.74 bits per heavy atom. The highest BCUT2D eigenvalue weighted by Crippen LogP contribution is 2.15.